The molecule has 0 bridgehead atoms. The molecule has 0 aliphatic heterocycles. The zero-order chi connectivity index (χ0) is 10.7. The van der Waals surface area contributed by atoms with Crippen molar-refractivity contribution in [3.8, 4) is 0 Å². The summed E-state index contributed by atoms with van der Waals surface area (Å²) in [4.78, 5) is 15.7. The van der Waals surface area contributed by atoms with Gasteiger partial charge in [0.2, 0.25) is 0 Å². The minimum absolute atomic E-state index is 0.0714. The maximum absolute atomic E-state index is 11.6. The van der Waals surface area contributed by atoms with Crippen LogP contribution in [0, 0.1) is 5.92 Å². The minimum atomic E-state index is -0.0714. The number of carbonyl (C=O) groups is 1. The number of hydrogen-bond acceptors (Lipinski definition) is 4. The number of hydrogen-bond donors (Lipinski definition) is 2. The van der Waals surface area contributed by atoms with Crippen molar-refractivity contribution < 1.29 is 4.79 Å². The third-order valence-corrected chi connectivity index (χ3v) is 3.61. The topological polar surface area (TPSA) is 68.0 Å². The second kappa shape index (κ2) is 4.72. The summed E-state index contributed by atoms with van der Waals surface area (Å²) in [5.74, 6) is 0.611. The van der Waals surface area contributed by atoms with Crippen LogP contribution in [0.15, 0.2) is 5.38 Å². The van der Waals surface area contributed by atoms with Gasteiger partial charge in [-0.3, -0.25) is 4.79 Å². The summed E-state index contributed by atoms with van der Waals surface area (Å²) < 4.78 is 0. The zero-order valence-electron chi connectivity index (χ0n) is 8.53. The van der Waals surface area contributed by atoms with Gasteiger partial charge in [0.15, 0.2) is 0 Å². The third-order valence-electron chi connectivity index (χ3n) is 2.74. The van der Waals surface area contributed by atoms with E-state index in [1.165, 1.54) is 30.6 Å². The van der Waals surface area contributed by atoms with Gasteiger partial charge in [0, 0.05) is 18.5 Å². The van der Waals surface area contributed by atoms with E-state index in [4.69, 9.17) is 5.73 Å². The predicted molar refractivity (Wildman–Crippen MR) is 59.7 cm³/mol. The first-order valence-electron chi connectivity index (χ1n) is 5.22. The highest BCUT2D eigenvalue weighted by atomic mass is 32.1. The predicted octanol–water partition coefficient (Wildman–Crippen LogP) is 1.13. The molecular formula is C10H15N3OS. The molecule has 15 heavy (non-hydrogen) atoms. The van der Waals surface area contributed by atoms with E-state index in [2.05, 4.69) is 10.3 Å². The summed E-state index contributed by atoms with van der Waals surface area (Å²) in [5, 5.41) is 5.47. The highest BCUT2D eigenvalue weighted by Crippen LogP contribution is 2.25. The Hall–Kier alpha value is -0.940. The second-order valence-corrected chi connectivity index (χ2v) is 4.78. The number of aromatic nitrogens is 1. The molecular weight excluding hydrogens is 210 g/mol. The maximum atomic E-state index is 11.6. The van der Waals surface area contributed by atoms with E-state index < -0.39 is 0 Å². The summed E-state index contributed by atoms with van der Waals surface area (Å²) in [6.07, 6.45) is 3.78. The smallest absolute Gasteiger partial charge is 0.270 e. The fourth-order valence-electron chi connectivity index (χ4n) is 1.53. The molecule has 1 aromatic heterocycles. The molecule has 0 saturated heterocycles. The normalized spacial score (nSPS) is 16.1. The van der Waals surface area contributed by atoms with Crippen molar-refractivity contribution in [2.24, 2.45) is 11.7 Å². The van der Waals surface area contributed by atoms with Gasteiger partial charge in [-0.25, -0.2) is 4.98 Å². The van der Waals surface area contributed by atoms with Gasteiger partial charge in [0.25, 0.3) is 5.91 Å². The van der Waals surface area contributed by atoms with Crippen LogP contribution in [-0.4, -0.2) is 17.4 Å². The van der Waals surface area contributed by atoms with Crippen molar-refractivity contribution in [1.29, 1.82) is 0 Å². The molecule has 0 atom stereocenters. The molecule has 0 spiro atoms. The number of rotatable bonds is 4. The van der Waals surface area contributed by atoms with E-state index in [0.717, 1.165) is 11.6 Å². The fraction of sp³-hybridized carbons (Fsp3) is 0.600. The molecule has 1 aliphatic carbocycles. The SMILES string of the molecule is NCc1nc(C(=O)NCC2CCC2)cs1. The van der Waals surface area contributed by atoms with Crippen LogP contribution >= 0.6 is 11.3 Å². The molecule has 1 aromatic rings. The fourth-order valence-corrected chi connectivity index (χ4v) is 2.19. The van der Waals surface area contributed by atoms with Gasteiger partial charge in [-0.05, 0) is 18.8 Å². The van der Waals surface area contributed by atoms with Crippen LogP contribution in [-0.2, 0) is 6.54 Å². The second-order valence-electron chi connectivity index (χ2n) is 3.84. The van der Waals surface area contributed by atoms with Crippen LogP contribution in [0.1, 0.15) is 34.8 Å². The summed E-state index contributed by atoms with van der Waals surface area (Å²) in [6, 6.07) is 0. The van der Waals surface area contributed by atoms with Crippen molar-refractivity contribution in [2.45, 2.75) is 25.8 Å². The Labute approximate surface area is 92.9 Å². The largest absolute Gasteiger partial charge is 0.350 e. The molecule has 1 heterocycles. The monoisotopic (exact) mass is 225 g/mol. The number of amides is 1. The van der Waals surface area contributed by atoms with Crippen molar-refractivity contribution >= 4 is 17.2 Å². The Morgan fingerprint density at radius 2 is 2.47 bits per heavy atom. The maximum Gasteiger partial charge on any atom is 0.270 e. The van der Waals surface area contributed by atoms with Gasteiger partial charge < -0.3 is 11.1 Å². The van der Waals surface area contributed by atoms with Gasteiger partial charge in [0.05, 0.1) is 0 Å². The van der Waals surface area contributed by atoms with E-state index in [9.17, 15) is 4.79 Å². The molecule has 1 saturated carbocycles. The molecule has 0 unspecified atom stereocenters. The van der Waals surface area contributed by atoms with Crippen LogP contribution in [0.4, 0.5) is 0 Å². The molecule has 1 fully saturated rings. The van der Waals surface area contributed by atoms with Gasteiger partial charge in [0.1, 0.15) is 10.7 Å². The Balaban J connectivity index is 1.83. The van der Waals surface area contributed by atoms with E-state index in [1.54, 1.807) is 5.38 Å². The first kappa shape index (κ1) is 10.6. The van der Waals surface area contributed by atoms with Crippen LogP contribution in [0.2, 0.25) is 0 Å². The first-order chi connectivity index (χ1) is 7.29. The number of nitrogens with zero attached hydrogens (tertiary/aromatic N) is 1. The highest BCUT2D eigenvalue weighted by Gasteiger charge is 2.18. The summed E-state index contributed by atoms with van der Waals surface area (Å²) in [5.41, 5.74) is 5.93. The lowest BCUT2D eigenvalue weighted by Gasteiger charge is -2.25. The van der Waals surface area contributed by atoms with Crippen LogP contribution in [0.5, 0.6) is 0 Å². The van der Waals surface area contributed by atoms with Crippen molar-refractivity contribution in [2.75, 3.05) is 6.54 Å². The molecule has 0 aromatic carbocycles. The molecule has 4 nitrogen and oxygen atoms in total. The lowest BCUT2D eigenvalue weighted by atomic mass is 9.85. The lowest BCUT2D eigenvalue weighted by molar-refractivity contribution is 0.0934. The number of nitrogens with two attached hydrogens (primary N) is 1. The molecule has 3 N–H and O–H groups in total. The Morgan fingerprint density at radius 3 is 3.00 bits per heavy atom. The Morgan fingerprint density at radius 1 is 1.67 bits per heavy atom. The Kier molecular flexibility index (Phi) is 3.33. The van der Waals surface area contributed by atoms with Gasteiger partial charge in [-0.2, -0.15) is 0 Å². The van der Waals surface area contributed by atoms with E-state index in [0.29, 0.717) is 18.2 Å². The van der Waals surface area contributed by atoms with Gasteiger partial charge in [-0.15, -0.1) is 11.3 Å². The van der Waals surface area contributed by atoms with Crippen molar-refractivity contribution in [3.05, 3.63) is 16.1 Å². The average molecular weight is 225 g/mol. The van der Waals surface area contributed by atoms with E-state index >= 15 is 0 Å². The third kappa shape index (κ3) is 2.54. The summed E-state index contributed by atoms with van der Waals surface area (Å²) in [7, 11) is 0. The first-order valence-corrected chi connectivity index (χ1v) is 6.10. The Bertz CT molecular complexity index is 346. The molecule has 1 amide bonds. The molecule has 0 radical (unpaired) electrons. The minimum Gasteiger partial charge on any atom is -0.350 e. The number of nitrogens with one attached hydrogen (secondary N) is 1. The quantitative estimate of drug-likeness (QED) is 0.807. The molecule has 1 aliphatic rings. The molecule has 82 valence electrons. The lowest BCUT2D eigenvalue weighted by Crippen LogP contribution is -2.32. The standard InChI is InChI=1S/C10H15N3OS/c11-4-9-13-8(6-15-9)10(14)12-5-7-2-1-3-7/h6-7H,1-5,11H2,(H,12,14). The van der Waals surface area contributed by atoms with E-state index in [-0.39, 0.29) is 5.91 Å². The summed E-state index contributed by atoms with van der Waals surface area (Å²) >= 11 is 1.43. The van der Waals surface area contributed by atoms with Crippen LogP contribution in [0.25, 0.3) is 0 Å². The van der Waals surface area contributed by atoms with Gasteiger partial charge >= 0.3 is 0 Å². The van der Waals surface area contributed by atoms with Crippen molar-refractivity contribution in [1.82, 2.24) is 10.3 Å². The molecule has 5 heteroatoms. The average Bonchev–Trinajstić information content (AvgIpc) is 2.63. The molecule has 2 rings (SSSR count). The van der Waals surface area contributed by atoms with Crippen LogP contribution in [0.3, 0.4) is 0 Å². The number of thiazole rings is 1. The van der Waals surface area contributed by atoms with Crippen molar-refractivity contribution in [3.63, 3.8) is 0 Å². The van der Waals surface area contributed by atoms with Gasteiger partial charge in [-0.1, -0.05) is 6.42 Å². The summed E-state index contributed by atoms with van der Waals surface area (Å²) in [6.45, 7) is 1.19. The zero-order valence-corrected chi connectivity index (χ0v) is 9.35. The number of carbonyl (C=O) groups excluding carboxylic acids is 1. The van der Waals surface area contributed by atoms with Crippen LogP contribution < -0.4 is 11.1 Å². The van der Waals surface area contributed by atoms with E-state index in [1.807, 2.05) is 0 Å². The highest BCUT2D eigenvalue weighted by molar-refractivity contribution is 7.09.